The van der Waals surface area contributed by atoms with Crippen molar-refractivity contribution in [1.82, 2.24) is 0 Å². The Labute approximate surface area is 103 Å². The quantitative estimate of drug-likeness (QED) is 0.490. The van der Waals surface area contributed by atoms with Crippen molar-refractivity contribution in [3.8, 4) is 0 Å². The average molecular weight is 228 g/mol. The third-order valence-electron chi connectivity index (χ3n) is 3.39. The molecule has 0 radical (unpaired) electrons. The lowest BCUT2D eigenvalue weighted by Crippen LogP contribution is -2.23. The van der Waals surface area contributed by atoms with E-state index in [-0.39, 0.29) is 0 Å². The smallest absolute Gasteiger partial charge is 0.0619 e. The van der Waals surface area contributed by atoms with Gasteiger partial charge in [0.25, 0.3) is 0 Å². The first-order valence-corrected chi connectivity index (χ1v) is 7.34. The maximum absolute atomic E-state index is 10.2. The largest absolute Gasteiger partial charge is 0.390 e. The van der Waals surface area contributed by atoms with Gasteiger partial charge in [0, 0.05) is 0 Å². The number of unbranched alkanes of at least 4 members (excludes halogenated alkanes) is 7. The molecule has 0 amide bonds. The van der Waals surface area contributed by atoms with E-state index in [1.54, 1.807) is 0 Å². The Balaban J connectivity index is 3.38. The molecule has 1 heteroatoms. The molecule has 98 valence electrons. The van der Waals surface area contributed by atoms with Crippen LogP contribution in [0.2, 0.25) is 0 Å². The molecule has 0 heterocycles. The van der Waals surface area contributed by atoms with Gasteiger partial charge in [0.1, 0.15) is 0 Å². The first-order valence-electron chi connectivity index (χ1n) is 7.34. The Morgan fingerprint density at radius 3 is 1.50 bits per heavy atom. The van der Waals surface area contributed by atoms with Gasteiger partial charge in [-0.3, -0.25) is 0 Å². The average Bonchev–Trinajstić information content (AvgIpc) is 2.24. The highest BCUT2D eigenvalue weighted by atomic mass is 16.3. The van der Waals surface area contributed by atoms with Crippen LogP contribution in [0.3, 0.4) is 0 Å². The molecule has 1 nitrogen and oxygen atoms in total. The molecule has 0 spiro atoms. The Hall–Kier alpha value is -0.0400. The van der Waals surface area contributed by atoms with Crippen molar-refractivity contribution in [2.75, 3.05) is 0 Å². The van der Waals surface area contributed by atoms with Crippen LogP contribution in [-0.4, -0.2) is 10.7 Å². The van der Waals surface area contributed by atoms with E-state index in [0.29, 0.717) is 0 Å². The summed E-state index contributed by atoms with van der Waals surface area (Å²) in [5.74, 6) is 0. The SMILES string of the molecule is CCCCCCCC(C)(O)CCCCCC. The molecule has 0 saturated carbocycles. The molecular formula is C15H32O. The van der Waals surface area contributed by atoms with Crippen LogP contribution in [0.4, 0.5) is 0 Å². The highest BCUT2D eigenvalue weighted by molar-refractivity contribution is 4.72. The first-order chi connectivity index (χ1) is 7.62. The molecule has 0 aromatic carbocycles. The molecule has 1 N–H and O–H groups in total. The van der Waals surface area contributed by atoms with Gasteiger partial charge < -0.3 is 5.11 Å². The van der Waals surface area contributed by atoms with Crippen LogP contribution in [0.15, 0.2) is 0 Å². The van der Waals surface area contributed by atoms with Crippen molar-refractivity contribution >= 4 is 0 Å². The third kappa shape index (κ3) is 10.5. The zero-order valence-corrected chi connectivity index (χ0v) is 11.7. The summed E-state index contributed by atoms with van der Waals surface area (Å²) in [4.78, 5) is 0. The maximum Gasteiger partial charge on any atom is 0.0619 e. The minimum Gasteiger partial charge on any atom is -0.390 e. The van der Waals surface area contributed by atoms with Crippen LogP contribution in [0.1, 0.15) is 91.4 Å². The standard InChI is InChI=1S/C15H32O/c1-4-6-8-10-12-14-15(3,16)13-11-9-7-5-2/h16H,4-14H2,1-3H3. The fourth-order valence-corrected chi connectivity index (χ4v) is 2.17. The fourth-order valence-electron chi connectivity index (χ4n) is 2.17. The molecule has 0 aliphatic heterocycles. The number of aliphatic hydroxyl groups is 1. The van der Waals surface area contributed by atoms with E-state index in [1.165, 1.54) is 57.8 Å². The summed E-state index contributed by atoms with van der Waals surface area (Å²) in [6.45, 7) is 6.48. The minimum absolute atomic E-state index is 0.403. The van der Waals surface area contributed by atoms with E-state index in [0.717, 1.165) is 12.8 Å². The van der Waals surface area contributed by atoms with Crippen LogP contribution in [0.25, 0.3) is 0 Å². The van der Waals surface area contributed by atoms with Gasteiger partial charge in [0.15, 0.2) is 0 Å². The minimum atomic E-state index is -0.403. The van der Waals surface area contributed by atoms with Crippen molar-refractivity contribution < 1.29 is 5.11 Å². The van der Waals surface area contributed by atoms with E-state index in [4.69, 9.17) is 0 Å². The summed E-state index contributed by atoms with van der Waals surface area (Å²) in [6, 6.07) is 0. The lowest BCUT2D eigenvalue weighted by atomic mass is 9.92. The number of rotatable bonds is 11. The van der Waals surface area contributed by atoms with E-state index < -0.39 is 5.60 Å². The van der Waals surface area contributed by atoms with Gasteiger partial charge in [-0.2, -0.15) is 0 Å². The van der Waals surface area contributed by atoms with E-state index >= 15 is 0 Å². The summed E-state index contributed by atoms with van der Waals surface area (Å²) in [6.07, 6.45) is 13.5. The van der Waals surface area contributed by atoms with Crippen molar-refractivity contribution in [2.24, 2.45) is 0 Å². The lowest BCUT2D eigenvalue weighted by Gasteiger charge is -2.23. The highest BCUT2D eigenvalue weighted by Crippen LogP contribution is 2.22. The second-order valence-corrected chi connectivity index (χ2v) is 5.47. The van der Waals surface area contributed by atoms with E-state index in [1.807, 2.05) is 6.92 Å². The zero-order valence-electron chi connectivity index (χ0n) is 11.7. The lowest BCUT2D eigenvalue weighted by molar-refractivity contribution is 0.0366. The Bertz CT molecular complexity index is 140. The molecule has 0 saturated heterocycles. The van der Waals surface area contributed by atoms with Gasteiger partial charge in [0.05, 0.1) is 5.60 Å². The van der Waals surface area contributed by atoms with Crippen molar-refractivity contribution in [3.63, 3.8) is 0 Å². The van der Waals surface area contributed by atoms with Crippen LogP contribution < -0.4 is 0 Å². The molecule has 0 rings (SSSR count). The topological polar surface area (TPSA) is 20.2 Å². The molecule has 0 bridgehead atoms. The van der Waals surface area contributed by atoms with Gasteiger partial charge in [-0.05, 0) is 19.8 Å². The zero-order chi connectivity index (χ0) is 12.3. The summed E-state index contributed by atoms with van der Waals surface area (Å²) in [5, 5.41) is 10.2. The van der Waals surface area contributed by atoms with Crippen molar-refractivity contribution in [1.29, 1.82) is 0 Å². The van der Waals surface area contributed by atoms with Crippen molar-refractivity contribution in [3.05, 3.63) is 0 Å². The Morgan fingerprint density at radius 2 is 1.06 bits per heavy atom. The van der Waals surface area contributed by atoms with Crippen molar-refractivity contribution in [2.45, 2.75) is 97.0 Å². The summed E-state index contributed by atoms with van der Waals surface area (Å²) >= 11 is 0. The molecule has 16 heavy (non-hydrogen) atoms. The molecule has 0 aliphatic carbocycles. The van der Waals surface area contributed by atoms with Gasteiger partial charge in [-0.25, -0.2) is 0 Å². The fraction of sp³-hybridized carbons (Fsp3) is 1.00. The molecule has 0 aromatic rings. The highest BCUT2D eigenvalue weighted by Gasteiger charge is 2.18. The Kier molecular flexibility index (Phi) is 10.1. The molecule has 1 atom stereocenters. The molecule has 0 fully saturated rings. The van der Waals surface area contributed by atoms with Crippen LogP contribution in [-0.2, 0) is 0 Å². The van der Waals surface area contributed by atoms with E-state index in [2.05, 4.69) is 13.8 Å². The Morgan fingerprint density at radius 1 is 0.688 bits per heavy atom. The normalized spacial score (nSPS) is 15.0. The first kappa shape index (κ1) is 16.0. The van der Waals surface area contributed by atoms with Crippen LogP contribution >= 0.6 is 0 Å². The molecule has 0 aliphatic rings. The summed E-state index contributed by atoms with van der Waals surface area (Å²) in [7, 11) is 0. The summed E-state index contributed by atoms with van der Waals surface area (Å²) < 4.78 is 0. The monoisotopic (exact) mass is 228 g/mol. The second-order valence-electron chi connectivity index (χ2n) is 5.47. The van der Waals surface area contributed by atoms with Gasteiger partial charge >= 0.3 is 0 Å². The predicted molar refractivity (Wildman–Crippen MR) is 72.8 cm³/mol. The predicted octanol–water partition coefficient (Wildman–Crippen LogP) is 5.07. The molecular weight excluding hydrogens is 196 g/mol. The summed E-state index contributed by atoms with van der Waals surface area (Å²) in [5.41, 5.74) is -0.403. The van der Waals surface area contributed by atoms with Gasteiger partial charge in [0.2, 0.25) is 0 Å². The van der Waals surface area contributed by atoms with Gasteiger partial charge in [-0.1, -0.05) is 71.6 Å². The molecule has 0 aromatic heterocycles. The van der Waals surface area contributed by atoms with Gasteiger partial charge in [-0.15, -0.1) is 0 Å². The third-order valence-corrected chi connectivity index (χ3v) is 3.39. The number of hydrogen-bond donors (Lipinski definition) is 1. The van der Waals surface area contributed by atoms with E-state index in [9.17, 15) is 5.11 Å². The maximum atomic E-state index is 10.2. The molecule has 1 unspecified atom stereocenters. The number of hydrogen-bond acceptors (Lipinski definition) is 1. The van der Waals surface area contributed by atoms with Crippen LogP contribution in [0, 0.1) is 0 Å². The second kappa shape index (κ2) is 10.1. The van der Waals surface area contributed by atoms with Crippen LogP contribution in [0.5, 0.6) is 0 Å².